The molecule has 0 spiro atoms. The van der Waals surface area contributed by atoms with Crippen molar-refractivity contribution in [2.45, 2.75) is 31.5 Å². The van der Waals surface area contributed by atoms with Crippen LogP contribution in [0, 0.1) is 6.57 Å². The second-order valence-electron chi connectivity index (χ2n) is 3.43. The van der Waals surface area contributed by atoms with Gasteiger partial charge >= 0.3 is 5.97 Å². The minimum Gasteiger partial charge on any atom is -0.468 e. The van der Waals surface area contributed by atoms with E-state index in [1.54, 1.807) is 4.90 Å². The van der Waals surface area contributed by atoms with Gasteiger partial charge in [-0.05, 0) is 6.54 Å². The Kier molecular flexibility index (Phi) is 3.81. The molecule has 15 heavy (non-hydrogen) atoms. The quantitative estimate of drug-likeness (QED) is 0.377. The van der Waals surface area contributed by atoms with Crippen LogP contribution in [0.4, 0.5) is 0 Å². The first kappa shape index (κ1) is 11.7. The molecule has 0 unspecified atom stereocenters. The molecule has 1 aliphatic heterocycles. The Morgan fingerprint density at radius 3 is 2.80 bits per heavy atom. The van der Waals surface area contributed by atoms with Gasteiger partial charge in [-0.1, -0.05) is 6.92 Å². The zero-order valence-electron chi connectivity index (χ0n) is 8.84. The van der Waals surface area contributed by atoms with E-state index in [0.29, 0.717) is 13.0 Å². The van der Waals surface area contributed by atoms with Crippen LogP contribution in [0.5, 0.6) is 0 Å². The first-order valence-electron chi connectivity index (χ1n) is 4.85. The van der Waals surface area contributed by atoms with E-state index in [2.05, 4.69) is 9.58 Å². The molecule has 0 aromatic rings. The van der Waals surface area contributed by atoms with Gasteiger partial charge in [-0.2, -0.15) is 0 Å². The van der Waals surface area contributed by atoms with E-state index >= 15 is 0 Å². The molecule has 0 amide bonds. The molecule has 5 heteroatoms. The van der Waals surface area contributed by atoms with E-state index in [1.165, 1.54) is 7.11 Å². The maximum absolute atomic E-state index is 11.4. The number of carbonyl (C=O) groups is 2. The number of methoxy groups -OCH3 is 1. The fourth-order valence-electron chi connectivity index (χ4n) is 2.03. The van der Waals surface area contributed by atoms with Gasteiger partial charge in [-0.3, -0.25) is 9.69 Å². The third kappa shape index (κ3) is 2.00. The van der Waals surface area contributed by atoms with Crippen LogP contribution in [0.1, 0.15) is 13.3 Å². The lowest BCUT2D eigenvalue weighted by atomic mass is 10.1. The molecule has 82 valence electrons. The highest BCUT2D eigenvalue weighted by Crippen LogP contribution is 2.26. The molecular weight excluding hydrogens is 196 g/mol. The molecule has 0 radical (unpaired) electrons. The van der Waals surface area contributed by atoms with Gasteiger partial charge in [0.25, 0.3) is 0 Å². The van der Waals surface area contributed by atoms with Gasteiger partial charge in [0.15, 0.2) is 0 Å². The number of nitrogens with zero attached hydrogens (tertiary/aromatic N) is 2. The van der Waals surface area contributed by atoms with Crippen LogP contribution in [0.15, 0.2) is 0 Å². The van der Waals surface area contributed by atoms with E-state index in [9.17, 15) is 9.59 Å². The molecule has 0 aromatic heterocycles. The van der Waals surface area contributed by atoms with Gasteiger partial charge in [0, 0.05) is 0 Å². The lowest BCUT2D eigenvalue weighted by Crippen LogP contribution is -2.42. The predicted molar refractivity (Wildman–Crippen MR) is 53.0 cm³/mol. The molecule has 0 aliphatic carbocycles. The molecule has 0 saturated carbocycles. The summed E-state index contributed by atoms with van der Waals surface area (Å²) in [6.45, 7) is 9.40. The molecule has 1 rings (SSSR count). The number of carbonyl (C=O) groups excluding carboxylic acids is 2. The number of likely N-dealkylation sites (tertiary alicyclic amines) is 1. The van der Waals surface area contributed by atoms with Crippen LogP contribution >= 0.6 is 0 Å². The summed E-state index contributed by atoms with van der Waals surface area (Å²) in [4.78, 5) is 27.4. The van der Waals surface area contributed by atoms with Crippen molar-refractivity contribution in [1.29, 1.82) is 0 Å². The van der Waals surface area contributed by atoms with Gasteiger partial charge in [-0.15, -0.1) is 0 Å². The standard InChI is InChI=1S/C10H14N2O3/c1-4-12-8(10(14)15-3)5-7(11-2)9(12)6-13/h6-9H,4-5H2,1,3H3/t7-,8-,9+/m1/s1. The molecule has 1 heterocycles. The van der Waals surface area contributed by atoms with Gasteiger partial charge in [0.05, 0.1) is 13.5 Å². The number of hydrogen-bond donors (Lipinski definition) is 0. The Labute approximate surface area is 88.8 Å². The molecule has 5 nitrogen and oxygen atoms in total. The van der Waals surface area contributed by atoms with Gasteiger partial charge in [0.1, 0.15) is 18.4 Å². The molecule has 1 aliphatic rings. The van der Waals surface area contributed by atoms with Crippen LogP contribution < -0.4 is 0 Å². The zero-order chi connectivity index (χ0) is 11.4. The smallest absolute Gasteiger partial charge is 0.323 e. The summed E-state index contributed by atoms with van der Waals surface area (Å²) in [7, 11) is 1.32. The fourth-order valence-corrected chi connectivity index (χ4v) is 2.03. The summed E-state index contributed by atoms with van der Waals surface area (Å²) in [5.74, 6) is -0.366. The maximum Gasteiger partial charge on any atom is 0.323 e. The first-order chi connectivity index (χ1) is 7.19. The minimum atomic E-state index is -0.475. The number of ether oxygens (including phenoxy) is 1. The Hall–Kier alpha value is -1.41. The summed E-state index contributed by atoms with van der Waals surface area (Å²) in [5.41, 5.74) is 0. The molecule has 0 aromatic carbocycles. The van der Waals surface area contributed by atoms with Crippen LogP contribution in [-0.4, -0.2) is 48.9 Å². The van der Waals surface area contributed by atoms with Crippen LogP contribution in [0.25, 0.3) is 4.85 Å². The topological polar surface area (TPSA) is 51.0 Å². The largest absolute Gasteiger partial charge is 0.468 e. The van der Waals surface area contributed by atoms with E-state index in [0.717, 1.165) is 6.29 Å². The number of aldehydes is 1. The fraction of sp³-hybridized carbons (Fsp3) is 0.700. The summed E-state index contributed by atoms with van der Waals surface area (Å²) in [6.07, 6.45) is 1.13. The summed E-state index contributed by atoms with van der Waals surface area (Å²) >= 11 is 0. The zero-order valence-corrected chi connectivity index (χ0v) is 8.84. The summed E-state index contributed by atoms with van der Waals surface area (Å²) in [6, 6.07) is -1.35. The van der Waals surface area contributed by atoms with E-state index in [-0.39, 0.29) is 5.97 Å². The monoisotopic (exact) mass is 210 g/mol. The number of rotatable bonds is 3. The van der Waals surface area contributed by atoms with Crippen LogP contribution in [-0.2, 0) is 14.3 Å². The van der Waals surface area contributed by atoms with Gasteiger partial charge in [0.2, 0.25) is 6.04 Å². The van der Waals surface area contributed by atoms with E-state index in [4.69, 9.17) is 6.57 Å². The molecule has 1 fully saturated rings. The highest BCUT2D eigenvalue weighted by atomic mass is 16.5. The van der Waals surface area contributed by atoms with Crippen LogP contribution in [0.3, 0.4) is 0 Å². The molecule has 3 atom stereocenters. The second kappa shape index (κ2) is 4.89. The van der Waals surface area contributed by atoms with Crippen molar-refractivity contribution in [3.8, 4) is 0 Å². The summed E-state index contributed by atoms with van der Waals surface area (Å²) < 4.78 is 4.65. The minimum absolute atomic E-state index is 0.366. The Bertz CT molecular complexity index is 298. The van der Waals surface area contributed by atoms with Crippen molar-refractivity contribution >= 4 is 12.3 Å². The highest BCUT2D eigenvalue weighted by molar-refractivity contribution is 5.78. The SMILES string of the molecule is [C-]#[N+][C@@H]1C[C@H](C(=O)OC)N(CC)[C@H]1C=O. The number of hydrogen-bond acceptors (Lipinski definition) is 4. The van der Waals surface area contributed by atoms with Crippen molar-refractivity contribution in [2.24, 2.45) is 0 Å². The maximum atomic E-state index is 11.4. The average molecular weight is 210 g/mol. The van der Waals surface area contributed by atoms with Gasteiger partial charge in [-0.25, -0.2) is 6.57 Å². The van der Waals surface area contributed by atoms with E-state index < -0.39 is 18.1 Å². The van der Waals surface area contributed by atoms with Crippen molar-refractivity contribution < 1.29 is 14.3 Å². The molecule has 0 N–H and O–H groups in total. The number of likely N-dealkylation sites (N-methyl/N-ethyl adjacent to an activating group) is 1. The van der Waals surface area contributed by atoms with Crippen molar-refractivity contribution in [2.75, 3.05) is 13.7 Å². The lowest BCUT2D eigenvalue weighted by Gasteiger charge is -2.22. The normalized spacial score (nSPS) is 30.9. The van der Waals surface area contributed by atoms with Crippen molar-refractivity contribution in [3.05, 3.63) is 11.4 Å². The average Bonchev–Trinajstić information content (AvgIpc) is 2.65. The molecule has 0 bridgehead atoms. The Morgan fingerprint density at radius 2 is 2.40 bits per heavy atom. The number of esters is 1. The highest BCUT2D eigenvalue weighted by Gasteiger charge is 2.48. The summed E-state index contributed by atoms with van der Waals surface area (Å²) in [5, 5.41) is 0. The third-order valence-electron chi connectivity index (χ3n) is 2.79. The molecule has 1 saturated heterocycles. The second-order valence-corrected chi connectivity index (χ2v) is 3.43. The Balaban J connectivity index is 2.89. The van der Waals surface area contributed by atoms with Gasteiger partial charge < -0.3 is 14.4 Å². The Morgan fingerprint density at radius 1 is 1.73 bits per heavy atom. The first-order valence-corrected chi connectivity index (χ1v) is 4.85. The van der Waals surface area contributed by atoms with Crippen LogP contribution in [0.2, 0.25) is 0 Å². The predicted octanol–water partition coefficient (Wildman–Crippen LogP) is 0.109. The lowest BCUT2D eigenvalue weighted by molar-refractivity contribution is -0.146. The van der Waals surface area contributed by atoms with E-state index in [1.807, 2.05) is 6.92 Å². The van der Waals surface area contributed by atoms with Crippen molar-refractivity contribution in [3.63, 3.8) is 0 Å². The van der Waals surface area contributed by atoms with Crippen molar-refractivity contribution in [1.82, 2.24) is 4.90 Å². The third-order valence-corrected chi connectivity index (χ3v) is 2.79. The molecular formula is C10H14N2O3.